The fourth-order valence-electron chi connectivity index (χ4n) is 2.79. The number of aromatic nitrogens is 2. The second kappa shape index (κ2) is 5.95. The number of amides is 1. The molecule has 0 aliphatic carbocycles. The molecule has 0 saturated carbocycles. The molecule has 23 heavy (non-hydrogen) atoms. The van der Waals surface area contributed by atoms with Crippen LogP contribution in [0, 0.1) is 5.92 Å². The first kappa shape index (κ1) is 16.0. The number of carbonyl (C=O) groups is 1. The van der Waals surface area contributed by atoms with Gasteiger partial charge in [-0.25, -0.2) is 13.6 Å². The number of halogens is 1. The van der Waals surface area contributed by atoms with Crippen molar-refractivity contribution in [1.82, 2.24) is 10.2 Å². The van der Waals surface area contributed by atoms with Crippen LogP contribution in [0.3, 0.4) is 0 Å². The quantitative estimate of drug-likeness (QED) is 0.864. The van der Waals surface area contributed by atoms with Gasteiger partial charge in [-0.15, -0.1) is 0 Å². The van der Waals surface area contributed by atoms with Gasteiger partial charge in [0.05, 0.1) is 11.9 Å². The van der Waals surface area contributed by atoms with E-state index < -0.39 is 10.0 Å². The molecule has 1 aromatic carbocycles. The molecule has 3 N–H and O–H groups in total. The smallest absolute Gasteiger partial charge is 0.228 e. The van der Waals surface area contributed by atoms with Gasteiger partial charge >= 0.3 is 0 Å². The molecule has 0 radical (unpaired) electrons. The normalized spacial score (nSPS) is 18.6. The molecule has 2 heterocycles. The molecule has 1 amide bonds. The average Bonchev–Trinajstić information content (AvgIpc) is 3.03. The Kier molecular flexibility index (Phi) is 4.13. The van der Waals surface area contributed by atoms with E-state index in [9.17, 15) is 13.2 Å². The monoisotopic (exact) mass is 354 g/mol. The highest BCUT2D eigenvalue weighted by Crippen LogP contribution is 2.33. The number of carbonyl (C=O) groups excluding carboxylic acids is 1. The van der Waals surface area contributed by atoms with Crippen molar-refractivity contribution >= 4 is 33.3 Å². The van der Waals surface area contributed by atoms with Gasteiger partial charge < -0.3 is 0 Å². The highest BCUT2D eigenvalue weighted by molar-refractivity contribution is 7.89. The predicted molar refractivity (Wildman–Crippen MR) is 87.5 cm³/mol. The number of rotatable bonds is 4. The van der Waals surface area contributed by atoms with Crippen molar-refractivity contribution in [2.24, 2.45) is 11.1 Å². The van der Waals surface area contributed by atoms with E-state index >= 15 is 0 Å². The minimum absolute atomic E-state index is 0.143. The minimum Gasteiger partial charge on any atom is -0.296 e. The lowest BCUT2D eigenvalue weighted by molar-refractivity contribution is -0.117. The van der Waals surface area contributed by atoms with Crippen molar-refractivity contribution in [2.75, 3.05) is 17.2 Å². The number of nitrogens with one attached hydrogen (secondary N) is 1. The van der Waals surface area contributed by atoms with Crippen molar-refractivity contribution in [3.05, 3.63) is 35.5 Å². The average molecular weight is 355 g/mol. The van der Waals surface area contributed by atoms with Crippen LogP contribution in [0.2, 0.25) is 5.02 Å². The van der Waals surface area contributed by atoms with Gasteiger partial charge in [-0.1, -0.05) is 23.7 Å². The highest BCUT2D eigenvalue weighted by atomic mass is 35.5. The Bertz CT molecular complexity index is 849. The van der Waals surface area contributed by atoms with Crippen molar-refractivity contribution in [1.29, 1.82) is 0 Å². The largest absolute Gasteiger partial charge is 0.296 e. The number of benzene rings is 1. The summed E-state index contributed by atoms with van der Waals surface area (Å²) in [6.07, 6.45) is 1.76. The van der Waals surface area contributed by atoms with Crippen LogP contribution in [0.4, 0.5) is 5.82 Å². The lowest BCUT2D eigenvalue weighted by Gasteiger charge is -2.16. The van der Waals surface area contributed by atoms with Gasteiger partial charge in [-0.05, 0) is 17.7 Å². The summed E-state index contributed by atoms with van der Waals surface area (Å²) in [5, 5.41) is 12.5. The maximum atomic E-state index is 12.2. The summed E-state index contributed by atoms with van der Waals surface area (Å²) < 4.78 is 22.5. The van der Waals surface area contributed by atoms with E-state index in [1.54, 1.807) is 18.3 Å². The number of nitrogens with zero attached hydrogens (tertiary/aromatic N) is 2. The fourth-order valence-corrected chi connectivity index (χ4v) is 3.86. The Labute approximate surface area is 138 Å². The molecule has 1 saturated heterocycles. The maximum absolute atomic E-state index is 12.2. The summed E-state index contributed by atoms with van der Waals surface area (Å²) in [5.74, 6) is -0.163. The second-order valence-corrected chi connectivity index (χ2v) is 7.64. The Balaban J connectivity index is 1.89. The molecule has 122 valence electrons. The third-order valence-corrected chi connectivity index (χ3v) is 4.87. The highest BCUT2D eigenvalue weighted by Gasteiger charge is 2.34. The summed E-state index contributed by atoms with van der Waals surface area (Å²) in [5.41, 5.74) is 1.56. The van der Waals surface area contributed by atoms with E-state index in [2.05, 4.69) is 10.2 Å². The topological polar surface area (TPSA) is 109 Å². The molecule has 1 unspecified atom stereocenters. The second-order valence-electron chi connectivity index (χ2n) is 5.55. The Hall–Kier alpha value is -1.90. The molecule has 0 spiro atoms. The van der Waals surface area contributed by atoms with Gasteiger partial charge in [0.25, 0.3) is 0 Å². The summed E-state index contributed by atoms with van der Waals surface area (Å²) in [6.45, 7) is 0.283. The van der Waals surface area contributed by atoms with Gasteiger partial charge in [-0.3, -0.25) is 14.8 Å². The lowest BCUT2D eigenvalue weighted by atomic mass is 10.1. The minimum atomic E-state index is -3.61. The number of aromatic amines is 1. The van der Waals surface area contributed by atoms with Crippen LogP contribution in [0.5, 0.6) is 0 Å². The van der Waals surface area contributed by atoms with Crippen LogP contribution in [-0.4, -0.2) is 36.8 Å². The summed E-state index contributed by atoms with van der Waals surface area (Å²) in [6, 6.07) is 7.21. The number of hydrogen-bond acceptors (Lipinski definition) is 4. The molecule has 1 aliphatic heterocycles. The number of hydrogen-bond donors (Lipinski definition) is 2. The molecule has 0 bridgehead atoms. The summed E-state index contributed by atoms with van der Waals surface area (Å²) in [4.78, 5) is 13.7. The van der Waals surface area contributed by atoms with E-state index in [-0.39, 0.29) is 30.5 Å². The van der Waals surface area contributed by atoms with E-state index in [0.29, 0.717) is 10.8 Å². The molecular formula is C14H15ClN4O3S. The van der Waals surface area contributed by atoms with E-state index in [0.717, 1.165) is 11.1 Å². The van der Waals surface area contributed by atoms with Gasteiger partial charge in [0.15, 0.2) is 0 Å². The summed E-state index contributed by atoms with van der Waals surface area (Å²) >= 11 is 6.01. The van der Waals surface area contributed by atoms with Crippen molar-refractivity contribution in [2.45, 2.75) is 6.42 Å². The third kappa shape index (κ3) is 3.54. The molecule has 1 atom stereocenters. The molecule has 1 aromatic heterocycles. The van der Waals surface area contributed by atoms with Gasteiger partial charge in [0.2, 0.25) is 15.9 Å². The molecule has 9 heteroatoms. The van der Waals surface area contributed by atoms with Gasteiger partial charge in [0, 0.05) is 29.5 Å². The van der Waals surface area contributed by atoms with Crippen molar-refractivity contribution in [3.8, 4) is 11.1 Å². The molecule has 1 fully saturated rings. The van der Waals surface area contributed by atoms with Crippen LogP contribution in [-0.2, 0) is 14.8 Å². The molecule has 3 rings (SSSR count). The van der Waals surface area contributed by atoms with Crippen molar-refractivity contribution < 1.29 is 13.2 Å². The van der Waals surface area contributed by atoms with Crippen LogP contribution >= 0.6 is 11.6 Å². The van der Waals surface area contributed by atoms with Crippen molar-refractivity contribution in [3.63, 3.8) is 0 Å². The zero-order valence-corrected chi connectivity index (χ0v) is 13.6. The molecule has 2 aromatic rings. The van der Waals surface area contributed by atoms with E-state index in [1.165, 1.54) is 4.90 Å². The Morgan fingerprint density at radius 3 is 2.91 bits per heavy atom. The maximum Gasteiger partial charge on any atom is 0.228 e. The SMILES string of the molecule is NS(=O)(=O)CC1CC(=O)N(c2[nH]ncc2-c2cccc(Cl)c2)C1. The standard InChI is InChI=1S/C14H15ClN4O3S/c15-11-3-1-2-10(5-11)12-6-17-18-14(12)19-7-9(4-13(19)20)8-23(16,21)22/h1-3,5-6,9H,4,7-8H2,(H,17,18)(H2,16,21,22). The zero-order chi connectivity index (χ0) is 16.6. The number of nitrogens with two attached hydrogens (primary N) is 1. The Morgan fingerprint density at radius 2 is 2.22 bits per heavy atom. The lowest BCUT2D eigenvalue weighted by Crippen LogP contribution is -2.28. The van der Waals surface area contributed by atoms with Gasteiger partial charge in [-0.2, -0.15) is 5.10 Å². The van der Waals surface area contributed by atoms with Crippen LogP contribution in [0.25, 0.3) is 11.1 Å². The summed E-state index contributed by atoms with van der Waals surface area (Å²) in [7, 11) is -3.61. The van der Waals surface area contributed by atoms with Crippen LogP contribution in [0.1, 0.15) is 6.42 Å². The predicted octanol–water partition coefficient (Wildman–Crippen LogP) is 1.37. The molecule has 7 nitrogen and oxygen atoms in total. The van der Waals surface area contributed by atoms with E-state index in [1.807, 2.05) is 12.1 Å². The first-order chi connectivity index (χ1) is 10.8. The number of anilines is 1. The first-order valence-corrected chi connectivity index (χ1v) is 9.03. The number of H-pyrrole nitrogens is 1. The molecular weight excluding hydrogens is 340 g/mol. The first-order valence-electron chi connectivity index (χ1n) is 6.93. The zero-order valence-electron chi connectivity index (χ0n) is 12.1. The Morgan fingerprint density at radius 1 is 1.43 bits per heavy atom. The van der Waals surface area contributed by atoms with E-state index in [4.69, 9.17) is 16.7 Å². The fraction of sp³-hybridized carbons (Fsp3) is 0.286. The molecule has 1 aliphatic rings. The third-order valence-electron chi connectivity index (χ3n) is 3.70. The van der Waals surface area contributed by atoms with Gasteiger partial charge in [0.1, 0.15) is 5.82 Å². The number of sulfonamides is 1. The number of primary sulfonamides is 1. The van der Waals surface area contributed by atoms with Crippen LogP contribution in [0.15, 0.2) is 30.5 Å². The van der Waals surface area contributed by atoms with Crippen LogP contribution < -0.4 is 10.0 Å².